The summed E-state index contributed by atoms with van der Waals surface area (Å²) in [5, 5.41) is 24.5. The number of benzene rings is 1. The van der Waals surface area contributed by atoms with E-state index < -0.39 is 6.10 Å². The van der Waals surface area contributed by atoms with Gasteiger partial charge in [-0.15, -0.1) is 21.5 Å². The zero-order valence-electron chi connectivity index (χ0n) is 14.6. The van der Waals surface area contributed by atoms with Crippen molar-refractivity contribution in [3.63, 3.8) is 0 Å². The van der Waals surface area contributed by atoms with Crippen molar-refractivity contribution in [2.75, 3.05) is 17.7 Å². The number of rotatable bonds is 9. The molecule has 8 heteroatoms. The molecule has 2 N–H and O–H groups in total. The van der Waals surface area contributed by atoms with Gasteiger partial charge in [-0.25, -0.2) is 0 Å². The maximum atomic E-state index is 10.0. The van der Waals surface area contributed by atoms with Gasteiger partial charge in [0.1, 0.15) is 0 Å². The average Bonchev–Trinajstić information content (AvgIpc) is 3.27. The van der Waals surface area contributed by atoms with Crippen molar-refractivity contribution in [1.29, 1.82) is 0 Å². The largest absolute Gasteiger partial charge is 0.390 e. The minimum Gasteiger partial charge on any atom is -0.390 e. The number of anilines is 2. The number of hydrogen-bond acceptors (Lipinski definition) is 8. The van der Waals surface area contributed by atoms with Gasteiger partial charge in [-0.2, -0.15) is 0 Å². The zero-order chi connectivity index (χ0) is 18.4. The first-order valence-corrected chi connectivity index (χ1v) is 10.9. The van der Waals surface area contributed by atoms with Crippen LogP contribution in [-0.2, 0) is 11.3 Å². The van der Waals surface area contributed by atoms with E-state index in [4.69, 9.17) is 4.74 Å². The van der Waals surface area contributed by atoms with Crippen LogP contribution in [0.25, 0.3) is 0 Å². The third kappa shape index (κ3) is 5.78. The molecular weight excluding hydrogens is 386 g/mol. The highest BCUT2D eigenvalue weighted by Gasteiger charge is 2.10. The number of thioether (sulfide) groups is 1. The van der Waals surface area contributed by atoms with Crippen molar-refractivity contribution in [2.45, 2.75) is 30.9 Å². The molecule has 0 bridgehead atoms. The molecule has 0 aliphatic heterocycles. The zero-order valence-corrected chi connectivity index (χ0v) is 17.1. The Morgan fingerprint density at radius 1 is 1.27 bits per heavy atom. The summed E-state index contributed by atoms with van der Waals surface area (Å²) < 4.78 is 6.37. The molecule has 26 heavy (non-hydrogen) atoms. The summed E-state index contributed by atoms with van der Waals surface area (Å²) in [5.41, 5.74) is 3.44. The fraction of sp³-hybridized carbons (Fsp3) is 0.333. The van der Waals surface area contributed by atoms with Crippen LogP contribution in [0.4, 0.5) is 10.8 Å². The van der Waals surface area contributed by atoms with Crippen LogP contribution < -0.4 is 5.32 Å². The number of nitrogens with zero attached hydrogens (tertiary/aromatic N) is 2. The predicted molar refractivity (Wildman–Crippen MR) is 110 cm³/mol. The van der Waals surface area contributed by atoms with Gasteiger partial charge < -0.3 is 15.2 Å². The summed E-state index contributed by atoms with van der Waals surface area (Å²) in [4.78, 5) is 1.16. The quantitative estimate of drug-likeness (QED) is 0.504. The highest BCUT2D eigenvalue weighted by atomic mass is 32.2. The summed E-state index contributed by atoms with van der Waals surface area (Å²) in [5.74, 6) is 0.530. The second kappa shape index (κ2) is 9.48. The van der Waals surface area contributed by atoms with Gasteiger partial charge in [0.25, 0.3) is 0 Å². The van der Waals surface area contributed by atoms with Gasteiger partial charge in [-0.3, -0.25) is 0 Å². The fourth-order valence-electron chi connectivity index (χ4n) is 2.29. The highest BCUT2D eigenvalue weighted by molar-refractivity contribution is 8.01. The van der Waals surface area contributed by atoms with Crippen LogP contribution in [0.15, 0.2) is 40.1 Å². The molecule has 3 aromatic rings. The Hall–Kier alpha value is -1.45. The van der Waals surface area contributed by atoms with Crippen molar-refractivity contribution >= 4 is 45.3 Å². The van der Waals surface area contributed by atoms with Gasteiger partial charge in [0, 0.05) is 16.3 Å². The van der Waals surface area contributed by atoms with E-state index >= 15 is 0 Å². The van der Waals surface area contributed by atoms with Crippen LogP contribution in [0.3, 0.4) is 0 Å². The number of aromatic nitrogens is 2. The van der Waals surface area contributed by atoms with Crippen LogP contribution >= 0.6 is 34.4 Å². The minimum absolute atomic E-state index is 0.317. The van der Waals surface area contributed by atoms with Crippen molar-refractivity contribution < 1.29 is 9.84 Å². The standard InChI is InChI=1S/C18H21N3O2S3/c1-12-5-6-16(13(2)8-12)19-17-20-21-18(26-17)25-11-14(22)9-23-10-15-4-3-7-24-15/h3-8,14,22H,9-11H2,1-2H3,(H,19,20)/t14-/m1/s1. The molecule has 2 aromatic heterocycles. The topological polar surface area (TPSA) is 67.3 Å². The van der Waals surface area contributed by atoms with Gasteiger partial charge in [0.2, 0.25) is 5.13 Å². The summed E-state index contributed by atoms with van der Waals surface area (Å²) in [7, 11) is 0. The van der Waals surface area contributed by atoms with E-state index in [0.717, 1.165) is 20.0 Å². The molecule has 0 aliphatic carbocycles. The SMILES string of the molecule is Cc1ccc(Nc2nnc(SC[C@H](O)COCc3cccs3)s2)c(C)c1. The van der Waals surface area contributed by atoms with Crippen molar-refractivity contribution in [2.24, 2.45) is 0 Å². The lowest BCUT2D eigenvalue weighted by atomic mass is 10.1. The predicted octanol–water partition coefficient (Wildman–Crippen LogP) is 4.63. The molecule has 0 radical (unpaired) electrons. The number of aryl methyl sites for hydroxylation is 2. The minimum atomic E-state index is -0.528. The van der Waals surface area contributed by atoms with Crippen LogP contribution in [0.5, 0.6) is 0 Å². The second-order valence-electron chi connectivity index (χ2n) is 5.88. The Balaban J connectivity index is 1.43. The molecule has 0 unspecified atom stereocenters. The third-order valence-electron chi connectivity index (χ3n) is 3.56. The molecule has 0 saturated heterocycles. The lowest BCUT2D eigenvalue weighted by molar-refractivity contribution is 0.0409. The first-order valence-electron chi connectivity index (χ1n) is 8.19. The Kier molecular flexibility index (Phi) is 7.04. The Labute approximate surface area is 165 Å². The molecule has 3 rings (SSSR count). The smallest absolute Gasteiger partial charge is 0.210 e. The lowest BCUT2D eigenvalue weighted by Gasteiger charge is -2.09. The van der Waals surface area contributed by atoms with E-state index in [0.29, 0.717) is 19.0 Å². The van der Waals surface area contributed by atoms with Crippen molar-refractivity contribution in [3.05, 3.63) is 51.7 Å². The molecule has 0 fully saturated rings. The van der Waals surface area contributed by atoms with Gasteiger partial charge in [0.05, 0.1) is 19.3 Å². The first-order chi connectivity index (χ1) is 12.6. The van der Waals surface area contributed by atoms with E-state index in [1.54, 1.807) is 11.3 Å². The summed E-state index contributed by atoms with van der Waals surface area (Å²) >= 11 is 4.63. The van der Waals surface area contributed by atoms with Crippen LogP contribution in [0.2, 0.25) is 0 Å². The van der Waals surface area contributed by atoms with E-state index in [-0.39, 0.29) is 0 Å². The molecule has 5 nitrogen and oxygen atoms in total. The molecule has 138 valence electrons. The van der Waals surface area contributed by atoms with Crippen molar-refractivity contribution in [1.82, 2.24) is 10.2 Å². The lowest BCUT2D eigenvalue weighted by Crippen LogP contribution is -2.17. The van der Waals surface area contributed by atoms with Gasteiger partial charge in [-0.1, -0.05) is 46.9 Å². The van der Waals surface area contributed by atoms with Gasteiger partial charge >= 0.3 is 0 Å². The number of aliphatic hydroxyl groups excluding tert-OH is 1. The highest BCUT2D eigenvalue weighted by Crippen LogP contribution is 2.29. The van der Waals surface area contributed by atoms with E-state index in [1.807, 2.05) is 23.6 Å². The van der Waals surface area contributed by atoms with Crippen LogP contribution in [-0.4, -0.2) is 33.8 Å². The Morgan fingerprint density at radius 2 is 2.15 bits per heavy atom. The summed E-state index contributed by atoms with van der Waals surface area (Å²) in [6.07, 6.45) is -0.528. The first kappa shape index (κ1) is 19.3. The van der Waals surface area contributed by atoms with Gasteiger partial charge in [-0.05, 0) is 36.9 Å². The van der Waals surface area contributed by atoms with E-state index in [2.05, 4.69) is 41.5 Å². The maximum absolute atomic E-state index is 10.0. The number of nitrogens with one attached hydrogen (secondary N) is 1. The molecule has 0 spiro atoms. The summed E-state index contributed by atoms with van der Waals surface area (Å²) in [6.45, 7) is 5.00. The number of hydrogen-bond donors (Lipinski definition) is 2. The van der Waals surface area contributed by atoms with Crippen LogP contribution in [0.1, 0.15) is 16.0 Å². The molecule has 1 atom stereocenters. The van der Waals surface area contributed by atoms with Crippen molar-refractivity contribution in [3.8, 4) is 0 Å². The second-order valence-corrected chi connectivity index (χ2v) is 9.15. The molecule has 2 heterocycles. The normalized spacial score (nSPS) is 12.3. The number of aliphatic hydroxyl groups is 1. The summed E-state index contributed by atoms with van der Waals surface area (Å²) in [6, 6.07) is 10.3. The molecule has 0 aliphatic rings. The number of thiophene rings is 1. The average molecular weight is 408 g/mol. The molecular formula is C18H21N3O2S3. The third-order valence-corrected chi connectivity index (χ3v) is 6.53. The fourth-order valence-corrected chi connectivity index (χ4v) is 4.63. The monoisotopic (exact) mass is 407 g/mol. The van der Waals surface area contributed by atoms with E-state index in [9.17, 15) is 5.11 Å². The Bertz CT molecular complexity index is 821. The van der Waals surface area contributed by atoms with E-state index in [1.165, 1.54) is 34.2 Å². The van der Waals surface area contributed by atoms with Gasteiger partial charge in [0.15, 0.2) is 4.34 Å². The maximum Gasteiger partial charge on any atom is 0.210 e. The molecule has 1 aromatic carbocycles. The number of ether oxygens (including phenoxy) is 1. The molecule has 0 saturated carbocycles. The molecule has 0 amide bonds. The Morgan fingerprint density at radius 3 is 2.92 bits per heavy atom. The van der Waals surface area contributed by atoms with Crippen LogP contribution in [0, 0.1) is 13.8 Å².